The minimum atomic E-state index is -1.65. The second-order valence-electron chi connectivity index (χ2n) is 3.71. The molecule has 2 aromatic rings. The van der Waals surface area contributed by atoms with Gasteiger partial charge in [0.2, 0.25) is 0 Å². The van der Waals surface area contributed by atoms with Crippen molar-refractivity contribution in [2.24, 2.45) is 0 Å². The largest absolute Gasteiger partial charge is 0.369 e. The molecule has 1 N–H and O–H groups in total. The maximum atomic E-state index is 13.0. The zero-order chi connectivity index (χ0) is 14.0. The molecule has 0 amide bonds. The van der Waals surface area contributed by atoms with E-state index in [0.29, 0.717) is 10.4 Å². The Balaban J connectivity index is 2.63. The van der Waals surface area contributed by atoms with Crippen LogP contribution in [0.1, 0.15) is 17.4 Å². The van der Waals surface area contributed by atoms with Crippen LogP contribution in [0.3, 0.4) is 0 Å². The standard InChI is InChI=1S/C13H8Cl2FNOS/c1-2-7-13(18,8-3-5-9(16)6-4-8)11-10(14)12(15)17-19-11/h3-6,18H,1H3. The summed E-state index contributed by atoms with van der Waals surface area (Å²) in [7, 11) is 0. The summed E-state index contributed by atoms with van der Waals surface area (Å²) in [5, 5.41) is 11.0. The van der Waals surface area contributed by atoms with Gasteiger partial charge in [-0.25, -0.2) is 4.39 Å². The first-order valence-electron chi connectivity index (χ1n) is 5.22. The Bertz CT molecular complexity index is 660. The molecule has 2 rings (SSSR count). The van der Waals surface area contributed by atoms with Crippen molar-refractivity contribution in [2.45, 2.75) is 12.5 Å². The predicted octanol–water partition coefficient (Wildman–Crippen LogP) is 3.85. The molecule has 6 heteroatoms. The number of hydrogen-bond donors (Lipinski definition) is 1. The highest BCUT2D eigenvalue weighted by Crippen LogP contribution is 2.40. The van der Waals surface area contributed by atoms with Gasteiger partial charge in [0.1, 0.15) is 5.82 Å². The van der Waals surface area contributed by atoms with Crippen LogP contribution in [-0.2, 0) is 5.60 Å². The van der Waals surface area contributed by atoms with E-state index in [1.165, 1.54) is 24.3 Å². The molecule has 0 saturated heterocycles. The first-order valence-corrected chi connectivity index (χ1v) is 6.75. The minimum absolute atomic E-state index is 0.111. The zero-order valence-corrected chi connectivity index (χ0v) is 12.1. The van der Waals surface area contributed by atoms with Crippen molar-refractivity contribution in [3.63, 3.8) is 0 Å². The molecule has 1 aromatic carbocycles. The number of rotatable bonds is 2. The molecular weight excluding hydrogens is 308 g/mol. The van der Waals surface area contributed by atoms with Crippen LogP contribution in [0, 0.1) is 17.7 Å². The third-order valence-corrected chi connectivity index (χ3v) is 4.40. The van der Waals surface area contributed by atoms with Gasteiger partial charge in [-0.15, -0.1) is 5.92 Å². The maximum absolute atomic E-state index is 13.0. The number of benzene rings is 1. The van der Waals surface area contributed by atoms with Gasteiger partial charge >= 0.3 is 0 Å². The van der Waals surface area contributed by atoms with Crippen LogP contribution in [0.2, 0.25) is 10.2 Å². The van der Waals surface area contributed by atoms with Crippen LogP contribution in [0.4, 0.5) is 4.39 Å². The van der Waals surface area contributed by atoms with Crippen LogP contribution >= 0.6 is 34.7 Å². The number of nitrogens with zero attached hydrogens (tertiary/aromatic N) is 1. The lowest BCUT2D eigenvalue weighted by molar-refractivity contribution is 0.149. The molecule has 0 aliphatic rings. The van der Waals surface area contributed by atoms with Gasteiger partial charge in [-0.2, -0.15) is 4.37 Å². The average Bonchev–Trinajstić information content (AvgIpc) is 2.71. The van der Waals surface area contributed by atoms with Crippen LogP contribution in [0.15, 0.2) is 24.3 Å². The van der Waals surface area contributed by atoms with E-state index in [1.54, 1.807) is 6.92 Å². The third kappa shape index (κ3) is 2.60. The van der Waals surface area contributed by atoms with Gasteiger partial charge in [-0.1, -0.05) is 41.3 Å². The van der Waals surface area contributed by atoms with Gasteiger partial charge in [-0.05, 0) is 30.6 Å². The Labute approximate surface area is 124 Å². The fourth-order valence-corrected chi connectivity index (χ4v) is 2.94. The minimum Gasteiger partial charge on any atom is -0.369 e. The molecule has 0 radical (unpaired) electrons. The topological polar surface area (TPSA) is 33.1 Å². The van der Waals surface area contributed by atoms with E-state index < -0.39 is 11.4 Å². The monoisotopic (exact) mass is 315 g/mol. The van der Waals surface area contributed by atoms with Gasteiger partial charge in [0.15, 0.2) is 10.8 Å². The van der Waals surface area contributed by atoms with E-state index in [2.05, 4.69) is 16.2 Å². The van der Waals surface area contributed by atoms with Crippen molar-refractivity contribution in [3.05, 3.63) is 50.7 Å². The molecule has 1 heterocycles. The second kappa shape index (κ2) is 5.48. The van der Waals surface area contributed by atoms with Crippen LogP contribution in [0.25, 0.3) is 0 Å². The number of halogens is 3. The number of aromatic nitrogens is 1. The highest BCUT2D eigenvalue weighted by Gasteiger charge is 2.35. The summed E-state index contributed by atoms with van der Waals surface area (Å²) in [5.74, 6) is 4.92. The Morgan fingerprint density at radius 3 is 2.42 bits per heavy atom. The molecule has 0 aliphatic carbocycles. The molecule has 0 saturated carbocycles. The van der Waals surface area contributed by atoms with E-state index in [9.17, 15) is 9.50 Å². The van der Waals surface area contributed by atoms with E-state index in [0.717, 1.165) is 11.5 Å². The summed E-state index contributed by atoms with van der Waals surface area (Å²) in [6.45, 7) is 1.59. The van der Waals surface area contributed by atoms with Gasteiger partial charge in [0, 0.05) is 5.56 Å². The molecule has 1 atom stereocenters. The SMILES string of the molecule is CC#CC(O)(c1ccc(F)cc1)c1snc(Cl)c1Cl. The summed E-state index contributed by atoms with van der Waals surface area (Å²) in [4.78, 5) is 0.320. The van der Waals surface area contributed by atoms with E-state index in [1.807, 2.05) is 0 Å². The second-order valence-corrected chi connectivity index (χ2v) is 5.22. The smallest absolute Gasteiger partial charge is 0.189 e. The Hall–Kier alpha value is -1.12. The highest BCUT2D eigenvalue weighted by molar-refractivity contribution is 7.07. The number of aliphatic hydroxyl groups is 1. The Kier molecular flexibility index (Phi) is 4.12. The molecule has 0 fully saturated rings. The Morgan fingerprint density at radius 2 is 1.95 bits per heavy atom. The molecule has 0 bridgehead atoms. The zero-order valence-electron chi connectivity index (χ0n) is 9.75. The van der Waals surface area contributed by atoms with Crippen molar-refractivity contribution >= 4 is 34.7 Å². The van der Waals surface area contributed by atoms with Gasteiger partial charge in [0.25, 0.3) is 0 Å². The normalized spacial score (nSPS) is 13.5. The van der Waals surface area contributed by atoms with Gasteiger partial charge in [0.05, 0.1) is 9.90 Å². The van der Waals surface area contributed by atoms with E-state index >= 15 is 0 Å². The molecular formula is C13H8Cl2FNOS. The summed E-state index contributed by atoms with van der Waals surface area (Å²) in [6.07, 6.45) is 0. The quantitative estimate of drug-likeness (QED) is 0.854. The van der Waals surface area contributed by atoms with Crippen molar-refractivity contribution in [1.29, 1.82) is 0 Å². The van der Waals surface area contributed by atoms with E-state index in [4.69, 9.17) is 23.2 Å². The molecule has 0 aliphatic heterocycles. The molecule has 2 nitrogen and oxygen atoms in total. The van der Waals surface area contributed by atoms with Crippen molar-refractivity contribution in [1.82, 2.24) is 4.37 Å². The van der Waals surface area contributed by atoms with Gasteiger partial charge < -0.3 is 5.11 Å². The molecule has 0 spiro atoms. The third-order valence-electron chi connectivity index (χ3n) is 2.49. The summed E-state index contributed by atoms with van der Waals surface area (Å²) in [6, 6.07) is 5.38. The summed E-state index contributed by atoms with van der Waals surface area (Å²) >= 11 is 12.8. The fraction of sp³-hybridized carbons (Fsp3) is 0.154. The van der Waals surface area contributed by atoms with Crippen molar-refractivity contribution in [2.75, 3.05) is 0 Å². The first kappa shape index (κ1) is 14.3. The first-order chi connectivity index (χ1) is 8.99. The van der Waals surface area contributed by atoms with Crippen LogP contribution in [0.5, 0.6) is 0 Å². The van der Waals surface area contributed by atoms with Crippen LogP contribution < -0.4 is 0 Å². The maximum Gasteiger partial charge on any atom is 0.189 e. The summed E-state index contributed by atoms with van der Waals surface area (Å²) in [5.41, 5.74) is -1.24. The average molecular weight is 316 g/mol. The lowest BCUT2D eigenvalue weighted by Gasteiger charge is -2.21. The predicted molar refractivity (Wildman–Crippen MR) is 75.0 cm³/mol. The molecule has 1 unspecified atom stereocenters. The van der Waals surface area contributed by atoms with E-state index in [-0.39, 0.29) is 10.2 Å². The van der Waals surface area contributed by atoms with Crippen molar-refractivity contribution in [3.8, 4) is 11.8 Å². The lowest BCUT2D eigenvalue weighted by atomic mass is 9.92. The summed E-state index contributed by atoms with van der Waals surface area (Å²) < 4.78 is 16.9. The van der Waals surface area contributed by atoms with Crippen molar-refractivity contribution < 1.29 is 9.50 Å². The Morgan fingerprint density at radius 1 is 1.32 bits per heavy atom. The molecule has 98 valence electrons. The molecule has 1 aromatic heterocycles. The fourth-order valence-electron chi connectivity index (χ4n) is 1.62. The van der Waals surface area contributed by atoms with Crippen LogP contribution in [-0.4, -0.2) is 9.48 Å². The molecule has 19 heavy (non-hydrogen) atoms. The van der Waals surface area contributed by atoms with Gasteiger partial charge in [-0.3, -0.25) is 0 Å². The highest BCUT2D eigenvalue weighted by atomic mass is 35.5. The lowest BCUT2D eigenvalue weighted by Crippen LogP contribution is -2.24. The number of hydrogen-bond acceptors (Lipinski definition) is 3.